The van der Waals surface area contributed by atoms with Gasteiger partial charge in [0.15, 0.2) is 0 Å². The summed E-state index contributed by atoms with van der Waals surface area (Å²) in [5, 5.41) is -0.789. The summed E-state index contributed by atoms with van der Waals surface area (Å²) in [4.78, 5) is 10.7. The summed E-state index contributed by atoms with van der Waals surface area (Å²) in [5.74, 6) is -0.604. The van der Waals surface area contributed by atoms with Gasteiger partial charge in [-0.1, -0.05) is 6.07 Å². The van der Waals surface area contributed by atoms with Crippen LogP contribution in [-0.4, -0.2) is 5.24 Å². The predicted molar refractivity (Wildman–Crippen MR) is 49.0 cm³/mol. The highest BCUT2D eigenvalue weighted by molar-refractivity contribution is 9.10. The van der Waals surface area contributed by atoms with Crippen molar-refractivity contribution in [3.8, 4) is 0 Å². The lowest BCUT2D eigenvalue weighted by Gasteiger charge is -2.03. The SMILES string of the molecule is Cc1ccc(F)c(C(=O)Cl)c1Br. The first kappa shape index (κ1) is 9.68. The molecule has 4 heteroatoms. The molecule has 64 valence electrons. The molecule has 0 spiro atoms. The maximum Gasteiger partial charge on any atom is 0.256 e. The minimum atomic E-state index is -0.789. The number of hydrogen-bond acceptors (Lipinski definition) is 1. The van der Waals surface area contributed by atoms with E-state index in [2.05, 4.69) is 15.9 Å². The Labute approximate surface area is 82.7 Å². The molecule has 0 aliphatic carbocycles. The molecule has 0 unspecified atom stereocenters. The zero-order valence-electron chi connectivity index (χ0n) is 6.20. The highest BCUT2D eigenvalue weighted by Crippen LogP contribution is 2.25. The van der Waals surface area contributed by atoms with E-state index in [1.165, 1.54) is 6.07 Å². The van der Waals surface area contributed by atoms with Gasteiger partial charge >= 0.3 is 0 Å². The van der Waals surface area contributed by atoms with Crippen LogP contribution in [0.2, 0.25) is 0 Å². The molecule has 0 aromatic heterocycles. The Balaban J connectivity index is 3.43. The molecule has 0 radical (unpaired) electrons. The minimum Gasteiger partial charge on any atom is -0.275 e. The third-order valence-electron chi connectivity index (χ3n) is 1.48. The van der Waals surface area contributed by atoms with Crippen LogP contribution in [0, 0.1) is 12.7 Å². The topological polar surface area (TPSA) is 17.1 Å². The normalized spacial score (nSPS) is 10.0. The first-order valence-corrected chi connectivity index (χ1v) is 4.35. The van der Waals surface area contributed by atoms with Crippen LogP contribution in [0.1, 0.15) is 15.9 Å². The van der Waals surface area contributed by atoms with Gasteiger partial charge in [-0.2, -0.15) is 0 Å². The molecule has 0 saturated carbocycles. The van der Waals surface area contributed by atoms with Crippen LogP contribution in [0.3, 0.4) is 0 Å². The van der Waals surface area contributed by atoms with Gasteiger partial charge in [-0.05, 0) is 46.1 Å². The lowest BCUT2D eigenvalue weighted by atomic mass is 10.1. The Morgan fingerprint density at radius 2 is 2.17 bits per heavy atom. The van der Waals surface area contributed by atoms with Gasteiger partial charge in [-0.3, -0.25) is 4.79 Å². The highest BCUT2D eigenvalue weighted by Gasteiger charge is 2.14. The fourth-order valence-electron chi connectivity index (χ4n) is 0.837. The molecule has 0 aliphatic heterocycles. The van der Waals surface area contributed by atoms with Crippen molar-refractivity contribution >= 4 is 32.8 Å². The molecule has 0 bridgehead atoms. The molecule has 0 heterocycles. The second-order valence-corrected chi connectivity index (χ2v) is 3.46. The van der Waals surface area contributed by atoms with E-state index in [0.717, 1.165) is 5.56 Å². The quantitative estimate of drug-likeness (QED) is 0.700. The summed E-state index contributed by atoms with van der Waals surface area (Å²) in [6.07, 6.45) is 0. The number of carbonyl (C=O) groups excluding carboxylic acids is 1. The van der Waals surface area contributed by atoms with Crippen LogP contribution < -0.4 is 0 Å². The van der Waals surface area contributed by atoms with Crippen LogP contribution in [0.15, 0.2) is 16.6 Å². The third kappa shape index (κ3) is 1.67. The Bertz CT molecular complexity index is 338. The van der Waals surface area contributed by atoms with Gasteiger partial charge in [-0.25, -0.2) is 4.39 Å². The Morgan fingerprint density at radius 1 is 1.58 bits per heavy atom. The number of hydrogen-bond donors (Lipinski definition) is 0. The van der Waals surface area contributed by atoms with Crippen molar-refractivity contribution in [2.45, 2.75) is 6.92 Å². The van der Waals surface area contributed by atoms with Gasteiger partial charge in [0.05, 0.1) is 5.56 Å². The molecule has 1 rings (SSSR count). The van der Waals surface area contributed by atoms with E-state index in [4.69, 9.17) is 11.6 Å². The molecule has 1 nitrogen and oxygen atoms in total. The standard InChI is InChI=1S/C8H5BrClFO/c1-4-2-3-5(11)6(7(4)9)8(10)12/h2-3H,1H3. The van der Waals surface area contributed by atoms with Gasteiger partial charge in [0.1, 0.15) is 5.82 Å². The Morgan fingerprint density at radius 3 is 2.58 bits per heavy atom. The maximum absolute atomic E-state index is 12.9. The molecule has 0 aliphatic rings. The second-order valence-electron chi connectivity index (χ2n) is 2.33. The fraction of sp³-hybridized carbons (Fsp3) is 0.125. The van der Waals surface area contributed by atoms with Crippen molar-refractivity contribution in [1.29, 1.82) is 0 Å². The van der Waals surface area contributed by atoms with Crippen molar-refractivity contribution in [2.24, 2.45) is 0 Å². The van der Waals surface area contributed by atoms with E-state index in [-0.39, 0.29) is 5.56 Å². The zero-order valence-corrected chi connectivity index (χ0v) is 8.54. The molecule has 1 aromatic rings. The first-order valence-electron chi connectivity index (χ1n) is 3.18. The summed E-state index contributed by atoms with van der Waals surface area (Å²) < 4.78 is 13.4. The number of benzene rings is 1. The predicted octanol–water partition coefficient (Wildman–Crippen LogP) is 3.28. The smallest absolute Gasteiger partial charge is 0.256 e. The molecule has 0 amide bonds. The molecular formula is C8H5BrClFO. The van der Waals surface area contributed by atoms with Crippen LogP contribution in [0.25, 0.3) is 0 Å². The fourth-order valence-corrected chi connectivity index (χ4v) is 1.64. The summed E-state index contributed by atoms with van der Waals surface area (Å²) in [6.45, 7) is 1.76. The van der Waals surface area contributed by atoms with Gasteiger partial charge in [0.25, 0.3) is 5.24 Å². The summed E-state index contributed by atoms with van der Waals surface area (Å²) in [7, 11) is 0. The summed E-state index contributed by atoms with van der Waals surface area (Å²) in [6, 6.07) is 2.79. The van der Waals surface area contributed by atoms with Crippen molar-refractivity contribution in [2.75, 3.05) is 0 Å². The molecule has 12 heavy (non-hydrogen) atoms. The van der Waals surface area contributed by atoms with Crippen molar-refractivity contribution in [3.63, 3.8) is 0 Å². The van der Waals surface area contributed by atoms with E-state index < -0.39 is 11.1 Å². The summed E-state index contributed by atoms with van der Waals surface area (Å²) in [5.41, 5.74) is 0.678. The molecule has 0 atom stereocenters. The van der Waals surface area contributed by atoms with Crippen molar-refractivity contribution < 1.29 is 9.18 Å². The third-order valence-corrected chi connectivity index (χ3v) is 2.69. The van der Waals surface area contributed by atoms with Gasteiger partial charge in [0.2, 0.25) is 0 Å². The van der Waals surface area contributed by atoms with E-state index in [0.29, 0.717) is 4.47 Å². The average Bonchev–Trinajstić information content (AvgIpc) is 1.97. The molecular weight excluding hydrogens is 246 g/mol. The van der Waals surface area contributed by atoms with Crippen LogP contribution in [0.5, 0.6) is 0 Å². The summed E-state index contributed by atoms with van der Waals surface area (Å²) >= 11 is 8.26. The Kier molecular flexibility index (Phi) is 2.85. The number of halogens is 3. The van der Waals surface area contributed by atoms with Crippen molar-refractivity contribution in [1.82, 2.24) is 0 Å². The van der Waals surface area contributed by atoms with Gasteiger partial charge in [0, 0.05) is 4.47 Å². The van der Waals surface area contributed by atoms with E-state index >= 15 is 0 Å². The van der Waals surface area contributed by atoms with Gasteiger partial charge in [-0.15, -0.1) is 0 Å². The van der Waals surface area contributed by atoms with Gasteiger partial charge < -0.3 is 0 Å². The molecule has 0 saturated heterocycles. The average molecular weight is 251 g/mol. The van der Waals surface area contributed by atoms with E-state index in [1.807, 2.05) is 0 Å². The second kappa shape index (κ2) is 3.54. The number of rotatable bonds is 1. The number of carbonyl (C=O) groups is 1. The van der Waals surface area contributed by atoms with E-state index in [1.54, 1.807) is 13.0 Å². The monoisotopic (exact) mass is 250 g/mol. The minimum absolute atomic E-state index is 0.100. The van der Waals surface area contributed by atoms with E-state index in [9.17, 15) is 9.18 Å². The lowest BCUT2D eigenvalue weighted by Crippen LogP contribution is -1.97. The number of aryl methyl sites for hydroxylation is 1. The lowest BCUT2D eigenvalue weighted by molar-refractivity contribution is 0.107. The van der Waals surface area contributed by atoms with Crippen molar-refractivity contribution in [3.05, 3.63) is 33.5 Å². The van der Waals surface area contributed by atoms with Crippen LogP contribution >= 0.6 is 27.5 Å². The van der Waals surface area contributed by atoms with Crippen LogP contribution in [0.4, 0.5) is 4.39 Å². The first-order chi connectivity index (χ1) is 5.54. The van der Waals surface area contributed by atoms with Crippen LogP contribution in [-0.2, 0) is 0 Å². The molecule has 0 N–H and O–H groups in total. The largest absolute Gasteiger partial charge is 0.275 e. The maximum atomic E-state index is 12.9. The highest BCUT2D eigenvalue weighted by atomic mass is 79.9. The molecule has 0 fully saturated rings. The Hall–Kier alpha value is -0.410. The molecule has 1 aromatic carbocycles. The zero-order chi connectivity index (χ0) is 9.30.